The number of hydrogen-bond acceptors (Lipinski definition) is 3. The predicted octanol–water partition coefficient (Wildman–Crippen LogP) is 2.38. The number of anilines is 1. The van der Waals surface area contributed by atoms with E-state index in [1.165, 1.54) is 5.56 Å². The van der Waals surface area contributed by atoms with Gasteiger partial charge in [0.05, 0.1) is 13.0 Å². The topological polar surface area (TPSA) is 49.4 Å². The molecule has 2 amide bonds. The number of nitrogens with zero attached hydrogens (tertiary/aromatic N) is 1. The molecule has 1 aliphatic rings. The third kappa shape index (κ3) is 3.04. The number of fused-ring (bicyclic) bond motifs is 1. The molecule has 0 radical (unpaired) electrons. The van der Waals surface area contributed by atoms with Crippen LogP contribution in [0, 0.1) is 0 Å². The smallest absolute Gasteiger partial charge is 0.246 e. The highest BCUT2D eigenvalue weighted by Gasteiger charge is 2.30. The lowest BCUT2D eigenvalue weighted by molar-refractivity contribution is -0.124. The molecule has 0 fully saturated rings. The maximum Gasteiger partial charge on any atom is 0.246 e. The van der Waals surface area contributed by atoms with Crippen LogP contribution in [-0.2, 0) is 22.4 Å². The Morgan fingerprint density at radius 3 is 2.86 bits per heavy atom. The van der Waals surface area contributed by atoms with Crippen LogP contribution in [0.25, 0.3) is 0 Å². The highest BCUT2D eigenvalue weighted by molar-refractivity contribution is 7.10. The molecule has 0 aliphatic carbocycles. The van der Waals surface area contributed by atoms with Gasteiger partial charge in [-0.15, -0.1) is 11.3 Å². The lowest BCUT2D eigenvalue weighted by atomic mass is 10.1. The van der Waals surface area contributed by atoms with Crippen molar-refractivity contribution in [1.29, 1.82) is 0 Å². The molecule has 1 aromatic heterocycles. The molecule has 5 heteroatoms. The Kier molecular flexibility index (Phi) is 4.24. The first-order valence-corrected chi connectivity index (χ1v) is 8.22. The van der Waals surface area contributed by atoms with Crippen LogP contribution in [0.3, 0.4) is 0 Å². The fourth-order valence-electron chi connectivity index (χ4n) is 2.84. The van der Waals surface area contributed by atoms with Crippen molar-refractivity contribution in [2.45, 2.75) is 25.8 Å². The summed E-state index contributed by atoms with van der Waals surface area (Å²) in [6.45, 7) is 2.08. The minimum Gasteiger partial charge on any atom is -0.347 e. The summed E-state index contributed by atoms with van der Waals surface area (Å²) in [6.07, 6.45) is 1.20. The second kappa shape index (κ2) is 6.32. The van der Waals surface area contributed by atoms with Gasteiger partial charge in [-0.25, -0.2) is 0 Å². The summed E-state index contributed by atoms with van der Waals surface area (Å²) in [5.41, 5.74) is 2.15. The predicted molar refractivity (Wildman–Crippen MR) is 88.1 cm³/mol. The molecule has 1 aromatic carbocycles. The molecule has 0 saturated carbocycles. The lowest BCUT2D eigenvalue weighted by Gasteiger charge is -2.22. The molecule has 0 bridgehead atoms. The first-order valence-electron chi connectivity index (χ1n) is 7.34. The van der Waals surface area contributed by atoms with Gasteiger partial charge in [0.15, 0.2) is 0 Å². The van der Waals surface area contributed by atoms with E-state index in [9.17, 15) is 9.59 Å². The van der Waals surface area contributed by atoms with Crippen LogP contribution in [0.5, 0.6) is 0 Å². The van der Waals surface area contributed by atoms with Gasteiger partial charge in [-0.1, -0.05) is 24.3 Å². The van der Waals surface area contributed by atoms with E-state index in [0.29, 0.717) is 6.42 Å². The molecule has 1 atom stereocenters. The zero-order chi connectivity index (χ0) is 15.5. The number of carbonyl (C=O) groups excluding carboxylic acids is 2. The van der Waals surface area contributed by atoms with Crippen LogP contribution in [0.4, 0.5) is 5.69 Å². The van der Waals surface area contributed by atoms with Gasteiger partial charge < -0.3 is 10.2 Å². The summed E-state index contributed by atoms with van der Waals surface area (Å²) in [5, 5.41) is 4.67. The largest absolute Gasteiger partial charge is 0.347 e. The molecule has 1 unspecified atom stereocenters. The van der Waals surface area contributed by atoms with Crippen molar-refractivity contribution in [1.82, 2.24) is 5.32 Å². The van der Waals surface area contributed by atoms with Crippen LogP contribution in [0.15, 0.2) is 41.8 Å². The molecule has 2 aromatic rings. The Bertz CT molecular complexity index is 682. The quantitative estimate of drug-likeness (QED) is 0.942. The summed E-state index contributed by atoms with van der Waals surface area (Å²) in [7, 11) is 0. The summed E-state index contributed by atoms with van der Waals surface area (Å²) < 4.78 is 0. The second-order valence-electron chi connectivity index (χ2n) is 5.48. The van der Waals surface area contributed by atoms with Crippen molar-refractivity contribution in [3.63, 3.8) is 0 Å². The van der Waals surface area contributed by atoms with E-state index >= 15 is 0 Å². The Morgan fingerprint density at radius 2 is 2.09 bits per heavy atom. The van der Waals surface area contributed by atoms with Crippen molar-refractivity contribution in [2.24, 2.45) is 0 Å². The van der Waals surface area contributed by atoms with Crippen LogP contribution in [-0.4, -0.2) is 24.4 Å². The minimum absolute atomic E-state index is 0.0445. The Hall–Kier alpha value is -2.14. The van der Waals surface area contributed by atoms with E-state index in [0.717, 1.165) is 17.0 Å². The SMILES string of the molecule is CC1Cc2ccccc2N1C(=O)CNC(=O)Cc1cccs1. The normalized spacial score (nSPS) is 16.4. The maximum atomic E-state index is 12.4. The molecule has 0 saturated heterocycles. The maximum absolute atomic E-state index is 12.4. The van der Waals surface area contributed by atoms with Gasteiger partial charge in [0.1, 0.15) is 0 Å². The fourth-order valence-corrected chi connectivity index (χ4v) is 3.54. The number of para-hydroxylation sites is 1. The lowest BCUT2D eigenvalue weighted by Crippen LogP contribution is -2.43. The number of carbonyl (C=O) groups is 2. The van der Waals surface area contributed by atoms with Gasteiger partial charge in [-0.05, 0) is 36.4 Å². The van der Waals surface area contributed by atoms with Crippen LogP contribution < -0.4 is 10.2 Å². The summed E-state index contributed by atoms with van der Waals surface area (Å²) in [5.74, 6) is -0.173. The highest BCUT2D eigenvalue weighted by atomic mass is 32.1. The summed E-state index contributed by atoms with van der Waals surface area (Å²) in [4.78, 5) is 27.1. The minimum atomic E-state index is -0.115. The van der Waals surface area contributed by atoms with Crippen molar-refractivity contribution in [3.8, 4) is 0 Å². The van der Waals surface area contributed by atoms with Crippen LogP contribution >= 0.6 is 11.3 Å². The molecule has 1 aliphatic heterocycles. The Morgan fingerprint density at radius 1 is 1.27 bits per heavy atom. The third-order valence-electron chi connectivity index (χ3n) is 3.83. The van der Waals surface area contributed by atoms with Gasteiger partial charge in [0.25, 0.3) is 0 Å². The molecule has 22 heavy (non-hydrogen) atoms. The highest BCUT2D eigenvalue weighted by Crippen LogP contribution is 2.31. The molecule has 1 N–H and O–H groups in total. The zero-order valence-electron chi connectivity index (χ0n) is 12.4. The zero-order valence-corrected chi connectivity index (χ0v) is 13.2. The number of nitrogens with one attached hydrogen (secondary N) is 1. The molecule has 0 spiro atoms. The average molecular weight is 314 g/mol. The van der Waals surface area contributed by atoms with Gasteiger partial charge in [0.2, 0.25) is 11.8 Å². The third-order valence-corrected chi connectivity index (χ3v) is 4.70. The van der Waals surface area contributed by atoms with E-state index < -0.39 is 0 Å². The van der Waals surface area contributed by atoms with Crippen molar-refractivity contribution >= 4 is 28.8 Å². The van der Waals surface area contributed by atoms with Gasteiger partial charge >= 0.3 is 0 Å². The van der Waals surface area contributed by atoms with Crippen molar-refractivity contribution in [3.05, 3.63) is 52.2 Å². The van der Waals surface area contributed by atoms with E-state index in [4.69, 9.17) is 0 Å². The number of amides is 2. The number of benzene rings is 1. The first kappa shape index (κ1) is 14.8. The molecule has 3 rings (SSSR count). The number of thiophene rings is 1. The van der Waals surface area contributed by atoms with E-state index in [2.05, 4.69) is 11.4 Å². The van der Waals surface area contributed by atoms with Gasteiger partial charge in [-0.2, -0.15) is 0 Å². The van der Waals surface area contributed by atoms with Crippen LogP contribution in [0.2, 0.25) is 0 Å². The van der Waals surface area contributed by atoms with Gasteiger partial charge in [-0.3, -0.25) is 9.59 Å². The molecule has 114 valence electrons. The fraction of sp³-hybridized carbons (Fsp3) is 0.294. The average Bonchev–Trinajstić information content (AvgIpc) is 3.11. The van der Waals surface area contributed by atoms with E-state index in [-0.39, 0.29) is 24.4 Å². The molecule has 4 nitrogen and oxygen atoms in total. The monoisotopic (exact) mass is 314 g/mol. The van der Waals surface area contributed by atoms with E-state index in [1.54, 1.807) is 16.2 Å². The molecular formula is C17H18N2O2S. The molecular weight excluding hydrogens is 296 g/mol. The standard InChI is InChI=1S/C17H18N2O2S/c1-12-9-13-5-2-3-7-15(13)19(12)17(21)11-18-16(20)10-14-6-4-8-22-14/h2-8,12H,9-11H2,1H3,(H,18,20). The number of rotatable bonds is 4. The van der Waals surface area contributed by atoms with E-state index in [1.807, 2.05) is 42.6 Å². The summed E-state index contributed by atoms with van der Waals surface area (Å²) >= 11 is 1.55. The Labute approximate surface area is 133 Å². The Balaban J connectivity index is 1.59. The second-order valence-corrected chi connectivity index (χ2v) is 6.51. The van der Waals surface area contributed by atoms with Crippen molar-refractivity contribution in [2.75, 3.05) is 11.4 Å². The van der Waals surface area contributed by atoms with Crippen LogP contribution in [0.1, 0.15) is 17.4 Å². The van der Waals surface area contributed by atoms with Gasteiger partial charge in [0, 0.05) is 16.6 Å². The molecule has 2 heterocycles. The summed E-state index contributed by atoms with van der Waals surface area (Å²) in [6, 6.07) is 11.9. The number of hydrogen-bond donors (Lipinski definition) is 1. The first-order chi connectivity index (χ1) is 10.6. The van der Waals surface area contributed by atoms with Crippen molar-refractivity contribution < 1.29 is 9.59 Å².